The van der Waals surface area contributed by atoms with Gasteiger partial charge < -0.3 is 24.4 Å². The molecule has 1 aromatic carbocycles. The molecule has 0 spiro atoms. The molecule has 0 aliphatic carbocycles. The monoisotopic (exact) mass is 386 g/mol. The summed E-state index contributed by atoms with van der Waals surface area (Å²) in [5, 5.41) is 2.90. The number of nitrogens with zero attached hydrogens (tertiary/aromatic N) is 3. The molecule has 28 heavy (non-hydrogen) atoms. The van der Waals surface area contributed by atoms with Crippen LogP contribution in [-0.4, -0.2) is 54.3 Å². The lowest BCUT2D eigenvalue weighted by Crippen LogP contribution is -2.46. The van der Waals surface area contributed by atoms with Crippen molar-refractivity contribution in [1.82, 2.24) is 14.9 Å². The van der Waals surface area contributed by atoms with Crippen molar-refractivity contribution in [3.63, 3.8) is 0 Å². The van der Waals surface area contributed by atoms with Crippen molar-refractivity contribution in [2.75, 3.05) is 32.6 Å². The number of para-hydroxylation sites is 1. The molecule has 1 saturated heterocycles. The van der Waals surface area contributed by atoms with Crippen LogP contribution in [0.4, 0.5) is 10.5 Å². The maximum atomic E-state index is 12.8. The number of aromatic nitrogens is 2. The molecule has 0 radical (unpaired) electrons. The SMILES string of the molecule is COc1cccc(NC(=O)N2CCCC(Oc3nc(C)cc(C)n3)C2)c1OC. The van der Waals surface area contributed by atoms with E-state index in [-0.39, 0.29) is 12.1 Å². The smallest absolute Gasteiger partial charge is 0.322 e. The van der Waals surface area contributed by atoms with E-state index in [2.05, 4.69) is 15.3 Å². The van der Waals surface area contributed by atoms with Crippen LogP contribution in [0.25, 0.3) is 0 Å². The number of hydrogen-bond donors (Lipinski definition) is 1. The van der Waals surface area contributed by atoms with Gasteiger partial charge in [-0.1, -0.05) is 6.07 Å². The Kier molecular flexibility index (Phi) is 6.18. The zero-order valence-electron chi connectivity index (χ0n) is 16.7. The van der Waals surface area contributed by atoms with Gasteiger partial charge in [-0.3, -0.25) is 0 Å². The molecule has 2 aromatic rings. The summed E-state index contributed by atoms with van der Waals surface area (Å²) in [6.07, 6.45) is 1.55. The van der Waals surface area contributed by atoms with Crippen molar-refractivity contribution in [1.29, 1.82) is 0 Å². The van der Waals surface area contributed by atoms with Crippen LogP contribution in [0.5, 0.6) is 17.5 Å². The molecule has 8 nitrogen and oxygen atoms in total. The molecule has 1 aliphatic rings. The zero-order chi connectivity index (χ0) is 20.1. The summed E-state index contributed by atoms with van der Waals surface area (Å²) in [4.78, 5) is 23.2. The Hall–Kier alpha value is -3.03. The molecule has 0 saturated carbocycles. The van der Waals surface area contributed by atoms with E-state index in [0.29, 0.717) is 36.3 Å². The molecule has 0 bridgehead atoms. The van der Waals surface area contributed by atoms with Crippen LogP contribution >= 0.6 is 0 Å². The predicted molar refractivity (Wildman–Crippen MR) is 105 cm³/mol. The summed E-state index contributed by atoms with van der Waals surface area (Å²) in [7, 11) is 3.10. The number of ether oxygens (including phenoxy) is 3. The number of nitrogens with one attached hydrogen (secondary N) is 1. The maximum absolute atomic E-state index is 12.8. The maximum Gasteiger partial charge on any atom is 0.322 e. The quantitative estimate of drug-likeness (QED) is 0.849. The summed E-state index contributed by atoms with van der Waals surface area (Å²) in [5.74, 6) is 1.05. The fourth-order valence-corrected chi connectivity index (χ4v) is 3.29. The average molecular weight is 386 g/mol. The molecule has 1 N–H and O–H groups in total. The van der Waals surface area contributed by atoms with Gasteiger partial charge in [-0.15, -0.1) is 0 Å². The summed E-state index contributed by atoms with van der Waals surface area (Å²) >= 11 is 0. The molecule has 8 heteroatoms. The molecule has 1 fully saturated rings. The Morgan fingerprint density at radius 2 is 1.93 bits per heavy atom. The summed E-state index contributed by atoms with van der Waals surface area (Å²) in [5.41, 5.74) is 2.28. The lowest BCUT2D eigenvalue weighted by Gasteiger charge is -2.32. The van der Waals surface area contributed by atoms with E-state index in [9.17, 15) is 4.79 Å². The van der Waals surface area contributed by atoms with E-state index in [1.807, 2.05) is 19.9 Å². The number of aryl methyl sites for hydroxylation is 2. The highest BCUT2D eigenvalue weighted by Gasteiger charge is 2.26. The van der Waals surface area contributed by atoms with Gasteiger partial charge in [0.2, 0.25) is 0 Å². The van der Waals surface area contributed by atoms with Crippen LogP contribution in [0.2, 0.25) is 0 Å². The number of carbonyl (C=O) groups is 1. The predicted octanol–water partition coefficient (Wildman–Crippen LogP) is 3.19. The first-order chi connectivity index (χ1) is 13.5. The van der Waals surface area contributed by atoms with Crippen molar-refractivity contribution in [3.8, 4) is 17.5 Å². The Bertz CT molecular complexity index is 823. The third kappa shape index (κ3) is 4.62. The molecule has 1 unspecified atom stereocenters. The summed E-state index contributed by atoms with van der Waals surface area (Å²) < 4.78 is 16.6. The second kappa shape index (κ2) is 8.77. The van der Waals surface area contributed by atoms with E-state index in [4.69, 9.17) is 14.2 Å². The first kappa shape index (κ1) is 19.7. The normalized spacial score (nSPS) is 16.4. The van der Waals surface area contributed by atoms with Crippen molar-refractivity contribution in [2.24, 2.45) is 0 Å². The van der Waals surface area contributed by atoms with E-state index < -0.39 is 0 Å². The van der Waals surface area contributed by atoms with Gasteiger partial charge >= 0.3 is 12.0 Å². The van der Waals surface area contributed by atoms with E-state index in [0.717, 1.165) is 24.2 Å². The Morgan fingerprint density at radius 1 is 1.18 bits per heavy atom. The lowest BCUT2D eigenvalue weighted by atomic mass is 10.1. The molecular formula is C20H26N4O4. The topological polar surface area (TPSA) is 85.8 Å². The minimum atomic E-state index is -0.207. The number of urea groups is 1. The summed E-state index contributed by atoms with van der Waals surface area (Å²) in [6.45, 7) is 4.94. The highest BCUT2D eigenvalue weighted by Crippen LogP contribution is 2.35. The average Bonchev–Trinajstić information content (AvgIpc) is 2.67. The fraction of sp³-hybridized carbons (Fsp3) is 0.450. The van der Waals surface area contributed by atoms with Crippen LogP contribution in [0.15, 0.2) is 24.3 Å². The van der Waals surface area contributed by atoms with Crippen molar-refractivity contribution in [2.45, 2.75) is 32.8 Å². The molecule has 2 heterocycles. The number of anilines is 1. The van der Waals surface area contributed by atoms with Crippen LogP contribution in [0.1, 0.15) is 24.2 Å². The standard InChI is InChI=1S/C20H26N4O4/c1-13-11-14(2)22-19(21-13)28-15-7-6-10-24(12-15)20(25)23-16-8-5-9-17(26-3)18(16)27-4/h5,8-9,11,15H,6-7,10,12H2,1-4H3,(H,23,25). The van der Waals surface area contributed by atoms with Crippen LogP contribution in [0.3, 0.4) is 0 Å². The second-order valence-electron chi connectivity index (χ2n) is 6.73. The number of rotatable bonds is 5. The molecule has 150 valence electrons. The largest absolute Gasteiger partial charge is 0.493 e. The minimum absolute atomic E-state index is 0.145. The van der Waals surface area contributed by atoms with Gasteiger partial charge in [-0.05, 0) is 44.9 Å². The number of amides is 2. The molecule has 3 rings (SSSR count). The van der Waals surface area contributed by atoms with Gasteiger partial charge in [-0.25, -0.2) is 14.8 Å². The van der Waals surface area contributed by atoms with Crippen molar-refractivity contribution < 1.29 is 19.0 Å². The van der Waals surface area contributed by atoms with Gasteiger partial charge in [0.25, 0.3) is 0 Å². The minimum Gasteiger partial charge on any atom is -0.493 e. The molecule has 1 aliphatic heterocycles. The van der Waals surface area contributed by atoms with Crippen LogP contribution in [-0.2, 0) is 0 Å². The lowest BCUT2D eigenvalue weighted by molar-refractivity contribution is 0.0980. The van der Waals surface area contributed by atoms with Gasteiger partial charge in [0.1, 0.15) is 6.10 Å². The van der Waals surface area contributed by atoms with Gasteiger partial charge in [0, 0.05) is 17.9 Å². The zero-order valence-corrected chi connectivity index (χ0v) is 16.7. The van der Waals surface area contributed by atoms with Gasteiger partial charge in [-0.2, -0.15) is 0 Å². The fourth-order valence-electron chi connectivity index (χ4n) is 3.29. The van der Waals surface area contributed by atoms with E-state index >= 15 is 0 Å². The first-order valence-corrected chi connectivity index (χ1v) is 9.26. The van der Waals surface area contributed by atoms with Crippen LogP contribution < -0.4 is 19.5 Å². The Labute approximate surface area is 164 Å². The second-order valence-corrected chi connectivity index (χ2v) is 6.73. The number of benzene rings is 1. The molecule has 2 amide bonds. The van der Waals surface area contributed by atoms with E-state index in [1.54, 1.807) is 37.3 Å². The highest BCUT2D eigenvalue weighted by atomic mass is 16.5. The Balaban J connectivity index is 1.66. The van der Waals surface area contributed by atoms with Crippen molar-refractivity contribution >= 4 is 11.7 Å². The van der Waals surface area contributed by atoms with Crippen molar-refractivity contribution in [3.05, 3.63) is 35.7 Å². The van der Waals surface area contributed by atoms with E-state index in [1.165, 1.54) is 0 Å². The Morgan fingerprint density at radius 3 is 2.61 bits per heavy atom. The van der Waals surface area contributed by atoms with Gasteiger partial charge in [0.15, 0.2) is 11.5 Å². The molecule has 1 atom stereocenters. The number of likely N-dealkylation sites (tertiary alicyclic amines) is 1. The summed E-state index contributed by atoms with van der Waals surface area (Å²) in [6, 6.07) is 7.41. The first-order valence-electron chi connectivity index (χ1n) is 9.26. The number of piperidine rings is 1. The number of hydrogen-bond acceptors (Lipinski definition) is 6. The van der Waals surface area contributed by atoms with Crippen LogP contribution in [0, 0.1) is 13.8 Å². The highest BCUT2D eigenvalue weighted by molar-refractivity contribution is 5.91. The molecular weight excluding hydrogens is 360 g/mol. The van der Waals surface area contributed by atoms with Gasteiger partial charge in [0.05, 0.1) is 26.5 Å². The third-order valence-corrected chi connectivity index (χ3v) is 4.54. The third-order valence-electron chi connectivity index (χ3n) is 4.54. The number of methoxy groups -OCH3 is 2. The number of carbonyl (C=O) groups excluding carboxylic acids is 1. The molecule has 1 aromatic heterocycles.